The first kappa shape index (κ1) is 22.7. The molecule has 1 aromatic heterocycles. The SMILES string of the molecule is CC1(C)COC(=O)N(C2CCN(C(=O)CSc3nc(C(C)(C)C)cc(=O)[nH]3)CC2)C1. The van der Waals surface area contributed by atoms with Crippen molar-refractivity contribution >= 4 is 23.8 Å². The Morgan fingerprint density at radius 3 is 2.60 bits per heavy atom. The Hall–Kier alpha value is -2.03. The van der Waals surface area contributed by atoms with Gasteiger partial charge in [-0.15, -0.1) is 0 Å². The topological polar surface area (TPSA) is 95.6 Å². The number of H-pyrrole nitrogens is 1. The molecule has 3 rings (SSSR count). The van der Waals surface area contributed by atoms with Crippen LogP contribution in [0.5, 0.6) is 0 Å². The molecule has 8 nitrogen and oxygen atoms in total. The quantitative estimate of drug-likeness (QED) is 0.576. The summed E-state index contributed by atoms with van der Waals surface area (Å²) in [5, 5.41) is 0.467. The van der Waals surface area contributed by atoms with Crippen LogP contribution < -0.4 is 5.56 Å². The molecule has 30 heavy (non-hydrogen) atoms. The number of aromatic amines is 1. The summed E-state index contributed by atoms with van der Waals surface area (Å²) in [7, 11) is 0. The fraction of sp³-hybridized carbons (Fsp3) is 0.714. The minimum atomic E-state index is -0.247. The number of hydrogen-bond donors (Lipinski definition) is 1. The minimum Gasteiger partial charge on any atom is -0.449 e. The van der Waals surface area contributed by atoms with Crippen LogP contribution in [0.4, 0.5) is 4.79 Å². The van der Waals surface area contributed by atoms with Crippen molar-refractivity contribution in [3.63, 3.8) is 0 Å². The number of nitrogens with zero attached hydrogens (tertiary/aromatic N) is 3. The predicted molar refractivity (Wildman–Crippen MR) is 116 cm³/mol. The minimum absolute atomic E-state index is 0.0174. The molecule has 9 heteroatoms. The van der Waals surface area contributed by atoms with E-state index in [9.17, 15) is 14.4 Å². The normalized spacial score (nSPS) is 20.2. The summed E-state index contributed by atoms with van der Waals surface area (Å²) in [6.45, 7) is 12.5. The monoisotopic (exact) mass is 436 g/mol. The van der Waals surface area contributed by atoms with Gasteiger partial charge in [0.05, 0.1) is 18.1 Å². The van der Waals surface area contributed by atoms with Crippen LogP contribution in [0.25, 0.3) is 0 Å². The van der Waals surface area contributed by atoms with Gasteiger partial charge >= 0.3 is 6.09 Å². The number of thioether (sulfide) groups is 1. The number of piperidine rings is 1. The van der Waals surface area contributed by atoms with Gasteiger partial charge in [0.2, 0.25) is 5.91 Å². The molecule has 2 amide bonds. The molecule has 0 unspecified atom stereocenters. The van der Waals surface area contributed by atoms with Crippen molar-refractivity contribution in [1.82, 2.24) is 19.8 Å². The van der Waals surface area contributed by atoms with E-state index in [1.165, 1.54) is 17.8 Å². The van der Waals surface area contributed by atoms with Crippen LogP contribution in [0, 0.1) is 5.41 Å². The fourth-order valence-electron chi connectivity index (χ4n) is 3.73. The summed E-state index contributed by atoms with van der Waals surface area (Å²) in [5.41, 5.74) is 0.211. The molecule has 2 aliphatic rings. The molecule has 1 N–H and O–H groups in total. The van der Waals surface area contributed by atoms with Crippen LogP contribution in [0.15, 0.2) is 16.0 Å². The van der Waals surface area contributed by atoms with Crippen LogP contribution in [-0.4, -0.2) is 69.8 Å². The van der Waals surface area contributed by atoms with E-state index in [0.29, 0.717) is 37.1 Å². The van der Waals surface area contributed by atoms with Gasteiger partial charge < -0.3 is 19.5 Å². The van der Waals surface area contributed by atoms with Crippen molar-refractivity contribution in [3.8, 4) is 0 Å². The number of rotatable bonds is 4. The van der Waals surface area contributed by atoms with Crippen LogP contribution in [0.2, 0.25) is 0 Å². The number of cyclic esters (lactones) is 1. The van der Waals surface area contributed by atoms with E-state index in [0.717, 1.165) is 12.8 Å². The van der Waals surface area contributed by atoms with Crippen LogP contribution >= 0.6 is 11.8 Å². The molecule has 2 aliphatic heterocycles. The summed E-state index contributed by atoms with van der Waals surface area (Å²) in [4.78, 5) is 47.6. The van der Waals surface area contributed by atoms with E-state index in [1.807, 2.05) is 30.6 Å². The van der Waals surface area contributed by atoms with Gasteiger partial charge in [0.1, 0.15) is 0 Å². The molecule has 0 aliphatic carbocycles. The van der Waals surface area contributed by atoms with Gasteiger partial charge in [-0.2, -0.15) is 0 Å². The zero-order valence-electron chi connectivity index (χ0n) is 18.5. The molecule has 166 valence electrons. The Bertz CT molecular complexity index is 853. The number of ether oxygens (including phenoxy) is 1. The van der Waals surface area contributed by atoms with Gasteiger partial charge in [-0.3, -0.25) is 9.59 Å². The zero-order chi connectivity index (χ0) is 22.1. The van der Waals surface area contributed by atoms with Gasteiger partial charge in [0, 0.05) is 42.6 Å². The largest absolute Gasteiger partial charge is 0.449 e. The first-order valence-corrected chi connectivity index (χ1v) is 11.4. The molecule has 2 saturated heterocycles. The summed E-state index contributed by atoms with van der Waals surface area (Å²) < 4.78 is 5.33. The molecule has 0 atom stereocenters. The molecule has 2 fully saturated rings. The molecule has 0 radical (unpaired) electrons. The van der Waals surface area contributed by atoms with Crippen molar-refractivity contribution in [2.75, 3.05) is 32.0 Å². The highest BCUT2D eigenvalue weighted by molar-refractivity contribution is 7.99. The highest BCUT2D eigenvalue weighted by atomic mass is 32.2. The van der Waals surface area contributed by atoms with E-state index < -0.39 is 0 Å². The molecule has 1 aromatic rings. The van der Waals surface area contributed by atoms with Crippen LogP contribution in [-0.2, 0) is 14.9 Å². The molecule has 0 bridgehead atoms. The smallest absolute Gasteiger partial charge is 0.410 e. The van der Waals surface area contributed by atoms with Crippen LogP contribution in [0.1, 0.15) is 53.2 Å². The number of likely N-dealkylation sites (tertiary alicyclic amines) is 1. The summed E-state index contributed by atoms with van der Waals surface area (Å²) in [6.07, 6.45) is 1.25. The lowest BCUT2D eigenvalue weighted by Crippen LogP contribution is -2.55. The maximum Gasteiger partial charge on any atom is 0.410 e. The third-order valence-corrected chi connectivity index (χ3v) is 6.36. The second-order valence-corrected chi connectivity index (χ2v) is 10.9. The summed E-state index contributed by atoms with van der Waals surface area (Å²) in [6, 6.07) is 1.61. The van der Waals surface area contributed by atoms with Gasteiger partial charge in [-0.1, -0.05) is 46.4 Å². The maximum atomic E-state index is 12.7. The van der Waals surface area contributed by atoms with Gasteiger partial charge in [0.15, 0.2) is 5.16 Å². The molecule has 0 saturated carbocycles. The van der Waals surface area contributed by atoms with Crippen molar-refractivity contribution in [1.29, 1.82) is 0 Å². The lowest BCUT2D eigenvalue weighted by atomic mass is 9.91. The number of nitrogens with one attached hydrogen (secondary N) is 1. The summed E-state index contributed by atoms with van der Waals surface area (Å²) >= 11 is 1.25. The Labute approximate surface area is 181 Å². The van der Waals surface area contributed by atoms with Gasteiger partial charge in [-0.05, 0) is 12.8 Å². The summed E-state index contributed by atoms with van der Waals surface area (Å²) in [5.74, 6) is 0.240. The van der Waals surface area contributed by atoms with Gasteiger partial charge in [0.25, 0.3) is 5.56 Å². The Morgan fingerprint density at radius 1 is 1.30 bits per heavy atom. The lowest BCUT2D eigenvalue weighted by molar-refractivity contribution is -0.130. The average molecular weight is 437 g/mol. The van der Waals surface area contributed by atoms with Crippen molar-refractivity contribution in [2.24, 2.45) is 5.41 Å². The van der Waals surface area contributed by atoms with E-state index in [-0.39, 0.29) is 40.2 Å². The van der Waals surface area contributed by atoms with E-state index in [4.69, 9.17) is 4.74 Å². The molecule has 3 heterocycles. The number of hydrogen-bond acceptors (Lipinski definition) is 6. The first-order chi connectivity index (χ1) is 13.9. The number of carbonyl (C=O) groups excluding carboxylic acids is 2. The standard InChI is InChI=1S/C21H32N4O4S/c1-20(2,3)15-10-16(26)23-18(22-15)30-11-17(27)24-8-6-14(7-9-24)25-12-21(4,5)13-29-19(25)28/h10,14H,6-9,11-13H2,1-5H3,(H,22,23,26). The van der Waals surface area contributed by atoms with E-state index >= 15 is 0 Å². The van der Waals surface area contributed by atoms with Gasteiger partial charge in [-0.25, -0.2) is 9.78 Å². The third kappa shape index (κ3) is 5.56. The van der Waals surface area contributed by atoms with E-state index in [1.54, 1.807) is 0 Å². The van der Waals surface area contributed by atoms with Crippen molar-refractivity contribution < 1.29 is 14.3 Å². The highest BCUT2D eigenvalue weighted by Gasteiger charge is 2.38. The van der Waals surface area contributed by atoms with Crippen molar-refractivity contribution in [2.45, 2.75) is 64.1 Å². The zero-order valence-corrected chi connectivity index (χ0v) is 19.3. The first-order valence-electron chi connectivity index (χ1n) is 10.4. The Balaban J connectivity index is 1.53. The highest BCUT2D eigenvalue weighted by Crippen LogP contribution is 2.28. The van der Waals surface area contributed by atoms with Crippen molar-refractivity contribution in [3.05, 3.63) is 22.1 Å². The molecular weight excluding hydrogens is 404 g/mol. The number of carbonyl (C=O) groups is 2. The third-order valence-electron chi connectivity index (χ3n) is 5.50. The number of amides is 2. The maximum absolute atomic E-state index is 12.7. The Morgan fingerprint density at radius 2 is 1.97 bits per heavy atom. The fourth-order valence-corrected chi connectivity index (χ4v) is 4.50. The lowest BCUT2D eigenvalue weighted by Gasteiger charge is -2.44. The Kier molecular flexibility index (Phi) is 6.50. The molecular formula is C21H32N4O4S. The average Bonchev–Trinajstić information content (AvgIpc) is 2.67. The van der Waals surface area contributed by atoms with E-state index in [2.05, 4.69) is 23.8 Å². The predicted octanol–water partition coefficient (Wildman–Crippen LogP) is 2.63. The number of aromatic nitrogens is 2. The molecule has 0 spiro atoms. The second-order valence-electron chi connectivity index (χ2n) is 9.93. The molecule has 0 aromatic carbocycles. The second kappa shape index (κ2) is 8.61. The van der Waals surface area contributed by atoms with Crippen LogP contribution in [0.3, 0.4) is 0 Å².